The number of rotatable bonds is 3. The summed E-state index contributed by atoms with van der Waals surface area (Å²) in [6.45, 7) is 1.87. The van der Waals surface area contributed by atoms with E-state index in [-0.39, 0.29) is 0 Å². The molecule has 0 bridgehead atoms. The van der Waals surface area contributed by atoms with Gasteiger partial charge < -0.3 is 9.64 Å². The van der Waals surface area contributed by atoms with Gasteiger partial charge in [-0.2, -0.15) is 0 Å². The number of benzene rings is 1. The maximum atomic E-state index is 6.24. The third-order valence-electron chi connectivity index (χ3n) is 3.01. The summed E-state index contributed by atoms with van der Waals surface area (Å²) in [5.41, 5.74) is 2.16. The summed E-state index contributed by atoms with van der Waals surface area (Å²) < 4.78 is 5.36. The van der Waals surface area contributed by atoms with Gasteiger partial charge in [-0.1, -0.05) is 23.7 Å². The molecule has 1 heterocycles. The summed E-state index contributed by atoms with van der Waals surface area (Å²) >= 11 is 12.2. The van der Waals surface area contributed by atoms with E-state index in [4.69, 9.17) is 27.9 Å². The van der Waals surface area contributed by atoms with Gasteiger partial charge in [0.25, 0.3) is 0 Å². The SMILES string of the molecule is COC1CCN(c2c(Cl)cccc2CCl)C1. The van der Waals surface area contributed by atoms with Crippen molar-refractivity contribution in [2.24, 2.45) is 0 Å². The van der Waals surface area contributed by atoms with Crippen LogP contribution in [0.25, 0.3) is 0 Å². The molecule has 1 fully saturated rings. The molecule has 0 N–H and O–H groups in total. The second kappa shape index (κ2) is 5.26. The van der Waals surface area contributed by atoms with Crippen LogP contribution >= 0.6 is 23.2 Å². The van der Waals surface area contributed by atoms with Crippen molar-refractivity contribution in [2.45, 2.75) is 18.4 Å². The Hall–Kier alpha value is -0.440. The van der Waals surface area contributed by atoms with Crippen LogP contribution in [-0.4, -0.2) is 26.3 Å². The molecule has 2 rings (SSSR count). The van der Waals surface area contributed by atoms with Crippen LogP contribution in [-0.2, 0) is 10.6 Å². The van der Waals surface area contributed by atoms with E-state index in [0.29, 0.717) is 12.0 Å². The minimum Gasteiger partial charge on any atom is -0.380 e. The molecule has 0 spiro atoms. The van der Waals surface area contributed by atoms with Crippen molar-refractivity contribution in [3.63, 3.8) is 0 Å². The van der Waals surface area contributed by atoms with Crippen LogP contribution in [0.5, 0.6) is 0 Å². The molecule has 88 valence electrons. The quantitative estimate of drug-likeness (QED) is 0.773. The molecule has 16 heavy (non-hydrogen) atoms. The Morgan fingerprint density at radius 3 is 2.94 bits per heavy atom. The number of ether oxygens (including phenoxy) is 1. The van der Waals surface area contributed by atoms with E-state index in [0.717, 1.165) is 35.8 Å². The molecule has 1 atom stereocenters. The van der Waals surface area contributed by atoms with Crippen molar-refractivity contribution in [1.29, 1.82) is 0 Å². The third-order valence-corrected chi connectivity index (χ3v) is 3.60. The van der Waals surface area contributed by atoms with Gasteiger partial charge in [0.2, 0.25) is 0 Å². The predicted molar refractivity (Wildman–Crippen MR) is 68.6 cm³/mol. The summed E-state index contributed by atoms with van der Waals surface area (Å²) in [7, 11) is 1.75. The molecule has 0 radical (unpaired) electrons. The summed E-state index contributed by atoms with van der Waals surface area (Å²) in [5, 5.41) is 0.773. The second-order valence-electron chi connectivity index (χ2n) is 3.97. The third kappa shape index (κ3) is 2.29. The smallest absolute Gasteiger partial charge is 0.0762 e. The molecule has 1 unspecified atom stereocenters. The molecule has 1 aliphatic rings. The molecule has 1 saturated heterocycles. The molecule has 2 nitrogen and oxygen atoms in total. The summed E-state index contributed by atoms with van der Waals surface area (Å²) in [5.74, 6) is 0.490. The van der Waals surface area contributed by atoms with Crippen LogP contribution < -0.4 is 4.90 Å². The van der Waals surface area contributed by atoms with Gasteiger partial charge in [0.15, 0.2) is 0 Å². The molecule has 1 aromatic carbocycles. The molecule has 4 heteroatoms. The van der Waals surface area contributed by atoms with Gasteiger partial charge in [-0.15, -0.1) is 11.6 Å². The maximum Gasteiger partial charge on any atom is 0.0762 e. The van der Waals surface area contributed by atoms with Crippen LogP contribution in [0.4, 0.5) is 5.69 Å². The van der Waals surface area contributed by atoms with E-state index < -0.39 is 0 Å². The Labute approximate surface area is 106 Å². The Morgan fingerprint density at radius 2 is 2.31 bits per heavy atom. The Morgan fingerprint density at radius 1 is 1.50 bits per heavy atom. The normalized spacial score (nSPS) is 20.4. The lowest BCUT2D eigenvalue weighted by Gasteiger charge is -2.22. The molecule has 1 aliphatic heterocycles. The van der Waals surface area contributed by atoms with Crippen LogP contribution in [0.15, 0.2) is 18.2 Å². The summed E-state index contributed by atoms with van der Waals surface area (Å²) in [4.78, 5) is 2.26. The topological polar surface area (TPSA) is 12.5 Å². The fraction of sp³-hybridized carbons (Fsp3) is 0.500. The highest BCUT2D eigenvalue weighted by atomic mass is 35.5. The van der Waals surface area contributed by atoms with Crippen LogP contribution in [0.1, 0.15) is 12.0 Å². The van der Waals surface area contributed by atoms with Gasteiger partial charge in [-0.3, -0.25) is 0 Å². The van der Waals surface area contributed by atoms with Crippen molar-refractivity contribution in [3.8, 4) is 0 Å². The standard InChI is InChI=1S/C12H15Cl2NO/c1-16-10-5-6-15(8-10)12-9(7-13)3-2-4-11(12)14/h2-4,10H,5-8H2,1H3. The Bertz CT molecular complexity index is 370. The fourth-order valence-electron chi connectivity index (χ4n) is 2.15. The average molecular weight is 260 g/mol. The van der Waals surface area contributed by atoms with Gasteiger partial charge in [0.05, 0.1) is 16.8 Å². The molecule has 0 aromatic heterocycles. The number of alkyl halides is 1. The van der Waals surface area contributed by atoms with Crippen molar-refractivity contribution in [3.05, 3.63) is 28.8 Å². The predicted octanol–water partition coefficient (Wildman–Crippen LogP) is 3.30. The van der Waals surface area contributed by atoms with Crippen molar-refractivity contribution in [1.82, 2.24) is 0 Å². The first-order valence-corrected chi connectivity index (χ1v) is 6.28. The zero-order chi connectivity index (χ0) is 11.5. The minimum absolute atomic E-state index is 0.305. The van der Waals surface area contributed by atoms with E-state index in [1.807, 2.05) is 18.2 Å². The molecular formula is C12H15Cl2NO. The first-order valence-electron chi connectivity index (χ1n) is 5.37. The van der Waals surface area contributed by atoms with E-state index in [1.165, 1.54) is 0 Å². The second-order valence-corrected chi connectivity index (χ2v) is 4.65. The van der Waals surface area contributed by atoms with Gasteiger partial charge in [0.1, 0.15) is 0 Å². The largest absolute Gasteiger partial charge is 0.380 e. The lowest BCUT2D eigenvalue weighted by molar-refractivity contribution is 0.121. The van der Waals surface area contributed by atoms with Gasteiger partial charge in [-0.25, -0.2) is 0 Å². The zero-order valence-electron chi connectivity index (χ0n) is 9.25. The number of hydrogen-bond acceptors (Lipinski definition) is 2. The average Bonchev–Trinajstić information content (AvgIpc) is 2.76. The highest BCUT2D eigenvalue weighted by molar-refractivity contribution is 6.33. The number of hydrogen-bond donors (Lipinski definition) is 0. The van der Waals surface area contributed by atoms with Crippen molar-refractivity contribution >= 4 is 28.9 Å². The molecule has 0 saturated carbocycles. The number of nitrogens with zero attached hydrogens (tertiary/aromatic N) is 1. The molecular weight excluding hydrogens is 245 g/mol. The highest BCUT2D eigenvalue weighted by Crippen LogP contribution is 2.33. The van der Waals surface area contributed by atoms with Crippen LogP contribution in [0.2, 0.25) is 5.02 Å². The van der Waals surface area contributed by atoms with Crippen molar-refractivity contribution < 1.29 is 4.74 Å². The number of halogens is 2. The van der Waals surface area contributed by atoms with E-state index in [2.05, 4.69) is 4.90 Å². The number of anilines is 1. The lowest BCUT2D eigenvalue weighted by Crippen LogP contribution is -2.23. The van der Waals surface area contributed by atoms with Gasteiger partial charge >= 0.3 is 0 Å². The number of para-hydroxylation sites is 1. The first-order chi connectivity index (χ1) is 7.76. The molecule has 0 aliphatic carbocycles. The maximum absolute atomic E-state index is 6.24. The van der Waals surface area contributed by atoms with Gasteiger partial charge in [-0.05, 0) is 18.1 Å². The first kappa shape index (κ1) is 12.0. The van der Waals surface area contributed by atoms with Crippen LogP contribution in [0.3, 0.4) is 0 Å². The van der Waals surface area contributed by atoms with E-state index >= 15 is 0 Å². The monoisotopic (exact) mass is 259 g/mol. The highest BCUT2D eigenvalue weighted by Gasteiger charge is 2.25. The molecule has 1 aromatic rings. The van der Waals surface area contributed by atoms with Crippen molar-refractivity contribution in [2.75, 3.05) is 25.1 Å². The summed E-state index contributed by atoms with van der Waals surface area (Å²) in [6, 6.07) is 5.87. The summed E-state index contributed by atoms with van der Waals surface area (Å²) in [6.07, 6.45) is 1.35. The zero-order valence-corrected chi connectivity index (χ0v) is 10.8. The minimum atomic E-state index is 0.305. The fourth-order valence-corrected chi connectivity index (χ4v) is 2.67. The van der Waals surface area contributed by atoms with E-state index in [9.17, 15) is 0 Å². The van der Waals surface area contributed by atoms with E-state index in [1.54, 1.807) is 7.11 Å². The lowest BCUT2D eigenvalue weighted by atomic mass is 10.2. The van der Waals surface area contributed by atoms with Gasteiger partial charge in [0, 0.05) is 26.1 Å². The Balaban J connectivity index is 2.26. The number of methoxy groups -OCH3 is 1. The molecule has 0 amide bonds. The Kier molecular flexibility index (Phi) is 3.95. The van der Waals surface area contributed by atoms with Crippen LogP contribution in [0, 0.1) is 0 Å².